The highest BCUT2D eigenvalue weighted by molar-refractivity contribution is 5.54. The molecule has 0 aromatic heterocycles. The van der Waals surface area contributed by atoms with E-state index in [1.54, 1.807) is 6.07 Å². The number of rotatable bonds is 3. The average Bonchev–Trinajstić information content (AvgIpc) is 2.25. The molecule has 0 atom stereocenters. The Morgan fingerprint density at radius 2 is 1.77 bits per heavy atom. The van der Waals surface area contributed by atoms with E-state index in [9.17, 15) is 0 Å². The summed E-state index contributed by atoms with van der Waals surface area (Å²) in [6.07, 6.45) is 0. The second-order valence-electron chi connectivity index (χ2n) is 4.02. The van der Waals surface area contributed by atoms with Gasteiger partial charge in [-0.25, -0.2) is 0 Å². The lowest BCUT2D eigenvalue weighted by atomic mass is 9.86. The van der Waals surface area contributed by atoms with Gasteiger partial charge in [0, 0.05) is 5.56 Å². The fourth-order valence-electron chi connectivity index (χ4n) is 1.14. The molecule has 0 spiro atoms. The topological polar surface area (TPSA) is 60.7 Å². The van der Waals surface area contributed by atoms with Crippen LogP contribution in [0.15, 0.2) is 12.1 Å². The van der Waals surface area contributed by atoms with Crippen molar-refractivity contribution in [2.24, 2.45) is 0 Å². The summed E-state index contributed by atoms with van der Waals surface area (Å²) in [5.74, 6) is 0.0925. The summed E-state index contributed by atoms with van der Waals surface area (Å²) in [5.41, 5.74) is 0.454. The van der Waals surface area contributed by atoms with Crippen molar-refractivity contribution in [1.29, 1.82) is 4.29 Å². The van der Waals surface area contributed by atoms with Crippen molar-refractivity contribution in [2.45, 2.75) is 26.2 Å². The van der Waals surface area contributed by atoms with E-state index in [2.05, 4.69) is 15.3 Å². The molecule has 0 fully saturated rings. The summed E-state index contributed by atoms with van der Waals surface area (Å²) in [6, 6.07) is 3.20. The zero-order valence-corrected chi connectivity index (χ0v) is 7.88. The van der Waals surface area contributed by atoms with Crippen molar-refractivity contribution in [2.75, 3.05) is 0 Å². The Morgan fingerprint density at radius 1 is 1.08 bits per heavy atom. The van der Waals surface area contributed by atoms with Crippen molar-refractivity contribution < 1.29 is 15.3 Å². The van der Waals surface area contributed by atoms with Gasteiger partial charge >= 0.3 is 0 Å². The molecule has 3 heteroatoms. The second kappa shape index (κ2) is 2.83. The van der Waals surface area contributed by atoms with Crippen LogP contribution < -0.4 is 0 Å². The fraction of sp³-hybridized carbons (Fsp3) is 0.400. The third-order valence-corrected chi connectivity index (χ3v) is 1.88. The first kappa shape index (κ1) is 6.13. The summed E-state index contributed by atoms with van der Waals surface area (Å²) < 4.78 is 20.7. The van der Waals surface area contributed by atoms with E-state index in [0.29, 0.717) is 5.56 Å². The molecule has 1 rings (SSSR count). The van der Waals surface area contributed by atoms with Crippen LogP contribution in [0.2, 0.25) is 0 Å². The minimum absolute atomic E-state index is 0.0465. The average molecular weight is 185 g/mol. The van der Waals surface area contributed by atoms with E-state index in [1.165, 1.54) is 6.07 Å². The quantitative estimate of drug-likeness (QED) is 0.632. The molecular formula is C10H14O3. The standard InChI is InChI=1S/C10H14O3/c1-10(2,3)6-4-5-7(11)9(13)8(6)12/h4-5,11-13H,1-3H3/i/hD3. The molecule has 0 amide bonds. The highest BCUT2D eigenvalue weighted by atomic mass is 16.3. The molecule has 0 saturated carbocycles. The van der Waals surface area contributed by atoms with Crippen molar-refractivity contribution in [3.63, 3.8) is 0 Å². The molecule has 0 radical (unpaired) electrons. The lowest BCUT2D eigenvalue weighted by Crippen LogP contribution is -2.10. The number of hydrogen-bond acceptors (Lipinski definition) is 3. The smallest absolute Gasteiger partial charge is 0.293 e. The van der Waals surface area contributed by atoms with E-state index in [0.717, 1.165) is 0 Å². The Kier molecular flexibility index (Phi) is 1.34. The zero-order valence-electron chi connectivity index (χ0n) is 10.9. The molecule has 0 aliphatic carbocycles. The summed E-state index contributed by atoms with van der Waals surface area (Å²) in [4.78, 5) is 0. The summed E-state index contributed by atoms with van der Waals surface area (Å²) >= 11 is 0. The van der Waals surface area contributed by atoms with Crippen molar-refractivity contribution in [1.82, 2.24) is 0 Å². The molecule has 0 aliphatic rings. The predicted octanol–water partition coefficient (Wildman–Crippen LogP) is 2.10. The Hall–Kier alpha value is -1.38. The lowest BCUT2D eigenvalue weighted by Gasteiger charge is -2.20. The monoisotopic (exact) mass is 185 g/mol. The highest BCUT2D eigenvalue weighted by Gasteiger charge is 2.21. The van der Waals surface area contributed by atoms with Gasteiger partial charge in [0.05, 0.1) is 0 Å². The van der Waals surface area contributed by atoms with Gasteiger partial charge in [0.1, 0.15) is 0 Å². The van der Waals surface area contributed by atoms with E-state index in [-0.39, 0.29) is 22.7 Å². The molecule has 1 aromatic rings. The van der Waals surface area contributed by atoms with Gasteiger partial charge in [0.25, 0.3) is 4.29 Å². The van der Waals surface area contributed by atoms with Crippen LogP contribution in [0.25, 0.3) is 0 Å². The Labute approximate surface area is 81.7 Å². The first-order valence-electron chi connectivity index (χ1n) is 5.25. The molecule has 0 heterocycles. The normalized spacial score (nSPS) is 13.9. The Balaban J connectivity index is 3.43. The summed E-state index contributed by atoms with van der Waals surface area (Å²) in [5, 5.41) is 13.1. The Morgan fingerprint density at radius 3 is 2.23 bits per heavy atom. The van der Waals surface area contributed by atoms with Crippen LogP contribution >= 0.6 is 0 Å². The van der Waals surface area contributed by atoms with Crippen LogP contribution in [0, 0.1) is 0 Å². The molecule has 72 valence electrons. The largest absolute Gasteiger partial charge is 0.504 e. The van der Waals surface area contributed by atoms with Gasteiger partial charge in [-0.15, -0.1) is 0 Å². The molecular weight excluding hydrogens is 168 g/mol. The second-order valence-corrected chi connectivity index (χ2v) is 4.02. The molecule has 0 saturated heterocycles. The van der Waals surface area contributed by atoms with E-state index in [4.69, 9.17) is 4.29 Å². The van der Waals surface area contributed by atoms with Crippen LogP contribution in [-0.4, -0.2) is 19.6 Å². The van der Waals surface area contributed by atoms with Crippen LogP contribution in [0.1, 0.15) is 26.3 Å². The third kappa shape index (κ3) is 1.69. The van der Waals surface area contributed by atoms with Crippen LogP contribution in [0.3, 0.4) is 0 Å². The van der Waals surface area contributed by atoms with Gasteiger partial charge in [-0.1, -0.05) is 26.8 Å². The predicted molar refractivity (Wildman–Crippen MR) is 50.1 cm³/mol. The van der Waals surface area contributed by atoms with Crippen LogP contribution in [0.5, 0.6) is 17.2 Å². The minimum Gasteiger partial charge on any atom is -0.504 e. The maximum absolute atomic E-state index is 7.00. The Bertz CT molecular complexity index is 374. The number of hydrogen-bond donors (Lipinski definition) is 3. The first-order valence-corrected chi connectivity index (χ1v) is 4.02. The molecule has 3 N–H and O–H groups in total. The zero-order chi connectivity index (χ0) is 12.3. The molecule has 1 aromatic carbocycles. The minimum atomic E-state index is -0.260. The van der Waals surface area contributed by atoms with E-state index >= 15 is 0 Å². The van der Waals surface area contributed by atoms with Gasteiger partial charge in [-0.3, -0.25) is 0 Å². The highest BCUT2D eigenvalue weighted by Crippen LogP contribution is 2.41. The van der Waals surface area contributed by atoms with Crippen molar-refractivity contribution >= 4 is 0 Å². The van der Waals surface area contributed by atoms with Gasteiger partial charge < -0.3 is 15.3 Å². The van der Waals surface area contributed by atoms with Gasteiger partial charge in [0.15, 0.2) is 11.5 Å². The molecule has 13 heavy (non-hydrogen) atoms. The van der Waals surface area contributed by atoms with Gasteiger partial charge in [-0.2, -0.15) is 0 Å². The maximum Gasteiger partial charge on any atom is 0.293 e. The van der Waals surface area contributed by atoms with E-state index in [1.807, 2.05) is 20.8 Å². The molecule has 3 nitrogen and oxygen atoms in total. The molecule has 0 aliphatic heterocycles. The van der Waals surface area contributed by atoms with Gasteiger partial charge in [-0.05, 0) is 11.5 Å². The third-order valence-electron chi connectivity index (χ3n) is 1.88. The number of benzene rings is 1. The van der Waals surface area contributed by atoms with Crippen molar-refractivity contribution in [3.05, 3.63) is 17.7 Å². The number of aromatic hydroxyl groups is 3. The first-order chi connectivity index (χ1) is 7.45. The summed E-state index contributed by atoms with van der Waals surface area (Å²) in [6.45, 7) is 5.83. The number of phenols is 3. The maximum atomic E-state index is 7.00. The van der Waals surface area contributed by atoms with E-state index < -0.39 is 0 Å². The SMILES string of the molecule is [2H]Oc1ccc(C(C)(C)C)c(O[2H])c1O[2H]. The fourth-order valence-corrected chi connectivity index (χ4v) is 1.14. The molecule has 0 unspecified atom stereocenters. The van der Waals surface area contributed by atoms with Crippen LogP contribution in [0.4, 0.5) is 0 Å². The summed E-state index contributed by atoms with van der Waals surface area (Å²) in [7, 11) is 0. The van der Waals surface area contributed by atoms with Crippen molar-refractivity contribution in [3.8, 4) is 17.2 Å². The molecule has 0 bridgehead atoms. The van der Waals surface area contributed by atoms with Crippen LogP contribution in [-0.2, 0) is 5.41 Å². The van der Waals surface area contributed by atoms with Gasteiger partial charge in [0.2, 0.25) is 5.75 Å². The number of phenolic OH excluding ortho intramolecular Hbond substituents is 3. The lowest BCUT2D eigenvalue weighted by molar-refractivity contribution is 0.359.